The van der Waals surface area contributed by atoms with Crippen LogP contribution in [0.3, 0.4) is 0 Å². The molecule has 0 spiro atoms. The summed E-state index contributed by atoms with van der Waals surface area (Å²) in [4.78, 5) is 13.6. The van der Waals surface area contributed by atoms with Gasteiger partial charge in [0.2, 0.25) is 0 Å². The lowest BCUT2D eigenvalue weighted by atomic mass is 9.96. The predicted molar refractivity (Wildman–Crippen MR) is 158 cm³/mol. The number of aromatic amines is 1. The third-order valence-corrected chi connectivity index (χ3v) is 7.17. The molecule has 0 amide bonds. The van der Waals surface area contributed by atoms with Gasteiger partial charge in [-0.15, -0.1) is 0 Å². The normalized spacial score (nSPS) is 11.9. The van der Waals surface area contributed by atoms with Gasteiger partial charge in [-0.2, -0.15) is 0 Å². The molecule has 0 fully saturated rings. The number of rotatable bonds is 4. The number of H-pyrrole nitrogens is 1. The first-order chi connectivity index (χ1) is 19.2. The van der Waals surface area contributed by atoms with Crippen LogP contribution in [0.1, 0.15) is 5.56 Å². The molecule has 0 unspecified atom stereocenters. The first-order valence-electron chi connectivity index (χ1n) is 12.9. The zero-order chi connectivity index (χ0) is 26.3. The number of benzene rings is 4. The Morgan fingerprint density at radius 1 is 0.718 bits per heavy atom. The van der Waals surface area contributed by atoms with E-state index in [2.05, 4.69) is 42.0 Å². The summed E-state index contributed by atoms with van der Waals surface area (Å²) in [6.07, 6.45) is 1.91. The van der Waals surface area contributed by atoms with E-state index in [0.29, 0.717) is 10.6 Å². The molecule has 186 valence electrons. The molecule has 0 saturated heterocycles. The number of aromatic nitrogens is 2. The van der Waals surface area contributed by atoms with Gasteiger partial charge < -0.3 is 4.42 Å². The van der Waals surface area contributed by atoms with Crippen molar-refractivity contribution in [2.24, 2.45) is 0 Å². The van der Waals surface area contributed by atoms with E-state index in [4.69, 9.17) is 4.42 Å². The Morgan fingerprint density at radius 2 is 1.31 bits per heavy atom. The van der Waals surface area contributed by atoms with Gasteiger partial charge in [0.15, 0.2) is 0 Å². The Labute approximate surface area is 224 Å². The lowest BCUT2D eigenvalue weighted by Crippen LogP contribution is -2.33. The van der Waals surface area contributed by atoms with E-state index >= 15 is 0 Å². The minimum absolute atomic E-state index is 0.160. The van der Waals surface area contributed by atoms with Crippen LogP contribution in [-0.2, 0) is 0 Å². The molecule has 1 aliphatic carbocycles. The van der Waals surface area contributed by atoms with Crippen LogP contribution in [0.15, 0.2) is 131 Å². The second kappa shape index (κ2) is 9.19. The van der Waals surface area contributed by atoms with Crippen LogP contribution in [0, 0.1) is 0 Å². The third-order valence-electron chi connectivity index (χ3n) is 7.17. The van der Waals surface area contributed by atoms with Crippen LogP contribution in [0.5, 0.6) is 0 Å². The monoisotopic (exact) mass is 504 g/mol. The summed E-state index contributed by atoms with van der Waals surface area (Å²) < 4.78 is 8.23. The van der Waals surface area contributed by atoms with Crippen LogP contribution < -0.4 is 16.1 Å². The summed E-state index contributed by atoms with van der Waals surface area (Å²) in [5, 5.41) is 6.28. The van der Waals surface area contributed by atoms with Crippen molar-refractivity contribution < 1.29 is 4.42 Å². The van der Waals surface area contributed by atoms with Crippen molar-refractivity contribution in [3.05, 3.63) is 148 Å². The highest BCUT2D eigenvalue weighted by Gasteiger charge is 2.25. The van der Waals surface area contributed by atoms with Gasteiger partial charge >= 0.3 is 0 Å². The van der Waals surface area contributed by atoms with Crippen LogP contribution in [0.4, 0.5) is 0 Å². The Morgan fingerprint density at radius 3 is 2.00 bits per heavy atom. The first kappa shape index (κ1) is 22.8. The second-order valence-electron chi connectivity index (χ2n) is 9.54. The fraction of sp³-hybridized carbons (Fsp3) is 0. The van der Waals surface area contributed by atoms with E-state index in [0.717, 1.165) is 55.8 Å². The molecule has 2 heterocycles. The molecule has 5 aromatic rings. The Kier molecular flexibility index (Phi) is 5.38. The summed E-state index contributed by atoms with van der Waals surface area (Å²) in [6, 6.07) is 40.3. The van der Waals surface area contributed by atoms with Crippen molar-refractivity contribution in [2.75, 3.05) is 0 Å². The van der Waals surface area contributed by atoms with E-state index < -0.39 is 0 Å². The Bertz CT molecular complexity index is 2080. The largest absolute Gasteiger partial charge is 0.455 e. The molecule has 1 aromatic heterocycles. The smallest absolute Gasteiger partial charge is 0.279 e. The first-order valence-corrected chi connectivity index (χ1v) is 12.9. The molecule has 0 radical (unpaired) electrons. The van der Waals surface area contributed by atoms with Crippen molar-refractivity contribution >= 4 is 23.4 Å². The van der Waals surface area contributed by atoms with Crippen LogP contribution in [-0.4, -0.2) is 9.78 Å². The van der Waals surface area contributed by atoms with Gasteiger partial charge in [-0.1, -0.05) is 110 Å². The zero-order valence-corrected chi connectivity index (χ0v) is 21.1. The highest BCUT2D eigenvalue weighted by molar-refractivity contribution is 6.12. The molecule has 0 atom stereocenters. The van der Waals surface area contributed by atoms with Gasteiger partial charge in [0.25, 0.3) is 5.56 Å². The number of hydrogen-bond acceptors (Lipinski definition) is 2. The molecule has 7 rings (SSSR count). The molecule has 2 aliphatic rings. The summed E-state index contributed by atoms with van der Waals surface area (Å²) in [7, 11) is 0. The molecule has 1 aliphatic heterocycles. The molecule has 4 nitrogen and oxygen atoms in total. The Hall–Kier alpha value is -5.35. The summed E-state index contributed by atoms with van der Waals surface area (Å²) in [5.41, 5.74) is 5.64. The number of hydrogen-bond donors (Lipinski definition) is 1. The molecule has 4 heteroatoms. The van der Waals surface area contributed by atoms with E-state index in [9.17, 15) is 4.79 Å². The Balaban J connectivity index is 1.58. The van der Waals surface area contributed by atoms with Crippen LogP contribution in [0.25, 0.3) is 62.9 Å². The average Bonchev–Trinajstić information content (AvgIpc) is 3.47. The minimum Gasteiger partial charge on any atom is -0.455 e. The van der Waals surface area contributed by atoms with Crippen LogP contribution >= 0.6 is 0 Å². The standard InChI is InChI=1S/C35H24N2O2/c1-23-29(35(38)37(36-23)26-17-9-4-10-18-26)21-31-27-19-11-12-20-28(27)33-30(24-13-5-2-6-14-24)22-32(39-34(31)33)25-15-7-3-8-16-25/h2-22,36H,1H2. The summed E-state index contributed by atoms with van der Waals surface area (Å²) >= 11 is 0. The van der Waals surface area contributed by atoms with Gasteiger partial charge in [0, 0.05) is 16.7 Å². The number of nitrogens with one attached hydrogen (secondary N) is 1. The SMILES string of the molecule is C=c1[nH]n(-c2ccccc2)c(=O)c1=Cc1c2oc(-c3ccccc3)cc(-c3ccccc3)c-2c2ccccc12. The average molecular weight is 505 g/mol. The molecule has 0 saturated carbocycles. The lowest BCUT2D eigenvalue weighted by molar-refractivity contribution is 0.583. The highest BCUT2D eigenvalue weighted by Crippen LogP contribution is 2.47. The molecular formula is C35H24N2O2. The van der Waals surface area contributed by atoms with Crippen molar-refractivity contribution in [2.45, 2.75) is 0 Å². The summed E-state index contributed by atoms with van der Waals surface area (Å²) in [6.45, 7) is 4.16. The third kappa shape index (κ3) is 3.82. The van der Waals surface area contributed by atoms with E-state index in [1.165, 1.54) is 4.68 Å². The van der Waals surface area contributed by atoms with Crippen molar-refractivity contribution in [3.63, 3.8) is 0 Å². The maximum Gasteiger partial charge on any atom is 0.279 e. The molecule has 1 N–H and O–H groups in total. The van der Waals surface area contributed by atoms with Gasteiger partial charge in [0.05, 0.1) is 16.3 Å². The molecule has 4 aromatic carbocycles. The molecule has 0 bridgehead atoms. The maximum atomic E-state index is 13.6. The quantitative estimate of drug-likeness (QED) is 0.294. The predicted octanol–water partition coefficient (Wildman–Crippen LogP) is 6.59. The zero-order valence-electron chi connectivity index (χ0n) is 21.1. The lowest BCUT2D eigenvalue weighted by Gasteiger charge is -2.13. The van der Waals surface area contributed by atoms with Crippen molar-refractivity contribution in [3.8, 4) is 39.5 Å². The van der Waals surface area contributed by atoms with Gasteiger partial charge in [-0.3, -0.25) is 9.89 Å². The van der Waals surface area contributed by atoms with E-state index in [1.807, 2.05) is 97.1 Å². The molecule has 39 heavy (non-hydrogen) atoms. The van der Waals surface area contributed by atoms with E-state index in [-0.39, 0.29) is 5.56 Å². The minimum atomic E-state index is -0.160. The fourth-order valence-corrected chi connectivity index (χ4v) is 5.31. The highest BCUT2D eigenvalue weighted by atomic mass is 16.3. The molecular weight excluding hydrogens is 480 g/mol. The number of nitrogens with zero attached hydrogens (tertiary/aromatic N) is 1. The van der Waals surface area contributed by atoms with Gasteiger partial charge in [-0.25, -0.2) is 4.68 Å². The van der Waals surface area contributed by atoms with Gasteiger partial charge in [-0.05, 0) is 46.2 Å². The van der Waals surface area contributed by atoms with Crippen LogP contribution in [0.2, 0.25) is 0 Å². The topological polar surface area (TPSA) is 50.9 Å². The van der Waals surface area contributed by atoms with E-state index in [1.54, 1.807) is 0 Å². The number of fused-ring (bicyclic) bond motifs is 3. The maximum absolute atomic E-state index is 13.6. The fourth-order valence-electron chi connectivity index (χ4n) is 5.31. The van der Waals surface area contributed by atoms with Gasteiger partial charge in [0.1, 0.15) is 11.5 Å². The summed E-state index contributed by atoms with van der Waals surface area (Å²) in [5.74, 6) is 1.50. The van der Waals surface area contributed by atoms with Crippen molar-refractivity contribution in [1.82, 2.24) is 9.78 Å². The number of para-hydroxylation sites is 1. The van der Waals surface area contributed by atoms with Crippen molar-refractivity contribution in [1.29, 1.82) is 0 Å². The second-order valence-corrected chi connectivity index (χ2v) is 9.54.